The lowest BCUT2D eigenvalue weighted by Crippen LogP contribution is -2.09. The van der Waals surface area contributed by atoms with Gasteiger partial charge in [0.1, 0.15) is 0 Å². The molecule has 1 aromatic carbocycles. The van der Waals surface area contributed by atoms with Gasteiger partial charge in [-0.25, -0.2) is 13.4 Å². The van der Waals surface area contributed by atoms with E-state index in [4.69, 9.17) is 0 Å². The van der Waals surface area contributed by atoms with Crippen LogP contribution in [0.5, 0.6) is 0 Å². The molecule has 2 rings (SSSR count). The molecule has 0 aliphatic carbocycles. The van der Waals surface area contributed by atoms with Gasteiger partial charge in [-0.15, -0.1) is 11.3 Å². The van der Waals surface area contributed by atoms with E-state index in [-0.39, 0.29) is 5.91 Å². The van der Waals surface area contributed by atoms with E-state index in [0.717, 1.165) is 16.7 Å². The van der Waals surface area contributed by atoms with Gasteiger partial charge in [0.15, 0.2) is 5.13 Å². The largest absolute Gasteiger partial charge is 0.298 e. The van der Waals surface area contributed by atoms with E-state index in [2.05, 4.69) is 15.0 Å². The second kappa shape index (κ2) is 6.71. The lowest BCUT2D eigenvalue weighted by Gasteiger charge is -2.03. The zero-order chi connectivity index (χ0) is 16.2. The number of amides is 1. The highest BCUT2D eigenvalue weighted by molar-refractivity contribution is 7.92. The van der Waals surface area contributed by atoms with Crippen LogP contribution in [0.15, 0.2) is 36.5 Å². The van der Waals surface area contributed by atoms with E-state index in [0.29, 0.717) is 10.8 Å². The Morgan fingerprint density at radius 3 is 2.50 bits per heavy atom. The number of thiazole rings is 1. The Morgan fingerprint density at radius 1 is 1.27 bits per heavy atom. The van der Waals surface area contributed by atoms with Crippen LogP contribution in [0.1, 0.15) is 10.4 Å². The molecule has 0 aliphatic heterocycles. The van der Waals surface area contributed by atoms with Gasteiger partial charge in [-0.2, -0.15) is 0 Å². The maximum absolute atomic E-state index is 11.7. The molecule has 2 aromatic rings. The number of anilines is 2. The topological polar surface area (TPSA) is 88.2 Å². The first kappa shape index (κ1) is 16.2. The average Bonchev–Trinajstić information content (AvgIpc) is 2.81. The SMILES string of the molecule is Cc1cnc(NC(=O)C=Cc2ccc(NS(C)(=O)=O)cc2)s1. The molecule has 1 heterocycles. The van der Waals surface area contributed by atoms with Gasteiger partial charge in [0.2, 0.25) is 15.9 Å². The first-order chi connectivity index (χ1) is 10.3. The fourth-order valence-electron chi connectivity index (χ4n) is 1.61. The number of hydrogen-bond acceptors (Lipinski definition) is 5. The van der Waals surface area contributed by atoms with Crippen molar-refractivity contribution in [3.05, 3.63) is 47.0 Å². The summed E-state index contributed by atoms with van der Waals surface area (Å²) in [7, 11) is -3.29. The molecule has 0 saturated carbocycles. The van der Waals surface area contributed by atoms with Crippen LogP contribution in [-0.2, 0) is 14.8 Å². The quantitative estimate of drug-likeness (QED) is 0.821. The summed E-state index contributed by atoms with van der Waals surface area (Å²) in [6.07, 6.45) is 5.82. The minimum Gasteiger partial charge on any atom is -0.298 e. The molecule has 116 valence electrons. The zero-order valence-corrected chi connectivity index (χ0v) is 13.7. The number of hydrogen-bond donors (Lipinski definition) is 2. The Hall–Kier alpha value is -2.19. The number of aromatic nitrogens is 1. The summed E-state index contributed by atoms with van der Waals surface area (Å²) in [5, 5.41) is 3.22. The molecule has 22 heavy (non-hydrogen) atoms. The van der Waals surface area contributed by atoms with Gasteiger partial charge in [0, 0.05) is 22.8 Å². The summed E-state index contributed by atoms with van der Waals surface area (Å²) < 4.78 is 24.6. The monoisotopic (exact) mass is 337 g/mol. The first-order valence-electron chi connectivity index (χ1n) is 6.31. The number of sulfonamides is 1. The van der Waals surface area contributed by atoms with Gasteiger partial charge in [-0.05, 0) is 30.7 Å². The van der Waals surface area contributed by atoms with Crippen molar-refractivity contribution in [1.82, 2.24) is 4.98 Å². The van der Waals surface area contributed by atoms with Crippen molar-refractivity contribution in [2.75, 3.05) is 16.3 Å². The standard InChI is InChI=1S/C14H15N3O3S2/c1-10-9-15-14(21-10)16-13(18)8-5-11-3-6-12(7-4-11)17-22(2,19)20/h3-9,17H,1-2H3,(H,15,16,18). The Kier molecular flexibility index (Phi) is 4.94. The smallest absolute Gasteiger partial charge is 0.250 e. The summed E-state index contributed by atoms with van der Waals surface area (Å²) in [6, 6.07) is 6.68. The molecule has 0 unspecified atom stereocenters. The van der Waals surface area contributed by atoms with Crippen molar-refractivity contribution >= 4 is 44.2 Å². The second-order valence-electron chi connectivity index (χ2n) is 4.59. The van der Waals surface area contributed by atoms with E-state index >= 15 is 0 Å². The molecule has 0 fully saturated rings. The fourth-order valence-corrected chi connectivity index (χ4v) is 2.84. The summed E-state index contributed by atoms with van der Waals surface area (Å²) in [5.74, 6) is -0.271. The van der Waals surface area contributed by atoms with E-state index in [1.807, 2.05) is 6.92 Å². The number of rotatable bonds is 5. The van der Waals surface area contributed by atoms with Gasteiger partial charge >= 0.3 is 0 Å². The first-order valence-corrected chi connectivity index (χ1v) is 9.02. The van der Waals surface area contributed by atoms with E-state index < -0.39 is 10.0 Å². The van der Waals surface area contributed by atoms with Gasteiger partial charge < -0.3 is 0 Å². The van der Waals surface area contributed by atoms with E-state index in [9.17, 15) is 13.2 Å². The van der Waals surface area contributed by atoms with Gasteiger partial charge in [0.25, 0.3) is 0 Å². The van der Waals surface area contributed by atoms with E-state index in [1.54, 1.807) is 36.5 Å². The minimum atomic E-state index is -3.29. The molecule has 6 nitrogen and oxygen atoms in total. The Morgan fingerprint density at radius 2 is 1.95 bits per heavy atom. The lowest BCUT2D eigenvalue weighted by molar-refractivity contribution is -0.111. The fraction of sp³-hybridized carbons (Fsp3) is 0.143. The summed E-state index contributed by atoms with van der Waals surface area (Å²) in [6.45, 7) is 1.91. The Labute approximate surface area is 133 Å². The van der Waals surface area contributed by atoms with Gasteiger partial charge in [0.05, 0.1) is 6.26 Å². The van der Waals surface area contributed by atoms with Crippen LogP contribution in [0.25, 0.3) is 6.08 Å². The minimum absolute atomic E-state index is 0.271. The molecule has 0 saturated heterocycles. The molecule has 0 aliphatic rings. The molecular weight excluding hydrogens is 322 g/mol. The average molecular weight is 337 g/mol. The number of carbonyl (C=O) groups excluding carboxylic acids is 1. The van der Waals surface area contributed by atoms with Crippen molar-refractivity contribution in [3.8, 4) is 0 Å². The highest BCUT2D eigenvalue weighted by Crippen LogP contribution is 2.16. The highest BCUT2D eigenvalue weighted by atomic mass is 32.2. The normalized spacial score (nSPS) is 11.5. The van der Waals surface area contributed by atoms with Crippen LogP contribution in [0.4, 0.5) is 10.8 Å². The molecule has 1 amide bonds. The lowest BCUT2D eigenvalue weighted by atomic mass is 10.2. The molecule has 0 atom stereocenters. The molecule has 2 N–H and O–H groups in total. The maximum Gasteiger partial charge on any atom is 0.250 e. The summed E-state index contributed by atoms with van der Waals surface area (Å²) in [4.78, 5) is 16.8. The second-order valence-corrected chi connectivity index (χ2v) is 7.58. The van der Waals surface area contributed by atoms with Crippen LogP contribution in [0.3, 0.4) is 0 Å². The summed E-state index contributed by atoms with van der Waals surface area (Å²) >= 11 is 1.40. The molecular formula is C14H15N3O3S2. The van der Waals surface area contributed by atoms with Gasteiger partial charge in [-0.1, -0.05) is 12.1 Å². The van der Waals surface area contributed by atoms with Crippen LogP contribution in [0.2, 0.25) is 0 Å². The van der Waals surface area contributed by atoms with Crippen molar-refractivity contribution < 1.29 is 13.2 Å². The van der Waals surface area contributed by atoms with Crippen molar-refractivity contribution in [1.29, 1.82) is 0 Å². The van der Waals surface area contributed by atoms with Crippen LogP contribution in [0, 0.1) is 6.92 Å². The number of nitrogens with one attached hydrogen (secondary N) is 2. The third-order valence-corrected chi connectivity index (χ3v) is 3.93. The van der Waals surface area contributed by atoms with Crippen LogP contribution >= 0.6 is 11.3 Å². The molecule has 0 bridgehead atoms. The Balaban J connectivity index is 1.96. The molecule has 0 radical (unpaired) electrons. The van der Waals surface area contributed by atoms with Gasteiger partial charge in [-0.3, -0.25) is 14.8 Å². The number of nitrogens with zero attached hydrogens (tertiary/aromatic N) is 1. The molecule has 0 spiro atoms. The predicted molar refractivity (Wildman–Crippen MR) is 89.4 cm³/mol. The van der Waals surface area contributed by atoms with Crippen molar-refractivity contribution in [2.45, 2.75) is 6.92 Å². The van der Waals surface area contributed by atoms with E-state index in [1.165, 1.54) is 17.4 Å². The van der Waals surface area contributed by atoms with Crippen molar-refractivity contribution in [2.24, 2.45) is 0 Å². The number of benzene rings is 1. The highest BCUT2D eigenvalue weighted by Gasteiger charge is 2.02. The number of carbonyl (C=O) groups is 1. The third kappa shape index (κ3) is 5.30. The third-order valence-electron chi connectivity index (χ3n) is 2.49. The number of aryl methyl sites for hydroxylation is 1. The van der Waals surface area contributed by atoms with Crippen LogP contribution < -0.4 is 10.0 Å². The Bertz CT molecular complexity index is 793. The summed E-state index contributed by atoms with van der Waals surface area (Å²) in [5.41, 5.74) is 1.26. The molecule has 8 heteroatoms. The maximum atomic E-state index is 11.7. The zero-order valence-electron chi connectivity index (χ0n) is 12.0. The van der Waals surface area contributed by atoms with Crippen LogP contribution in [-0.4, -0.2) is 25.6 Å². The van der Waals surface area contributed by atoms with Crippen molar-refractivity contribution in [3.63, 3.8) is 0 Å². The molecule has 1 aromatic heterocycles. The predicted octanol–water partition coefficient (Wildman–Crippen LogP) is 2.47.